The molecule has 0 saturated heterocycles. The first-order valence-electron chi connectivity index (χ1n) is 16.6. The van der Waals surface area contributed by atoms with Crippen LogP contribution in [-0.2, 0) is 5.41 Å². The van der Waals surface area contributed by atoms with Gasteiger partial charge in [0.15, 0.2) is 6.17 Å². The fourth-order valence-corrected chi connectivity index (χ4v) is 7.67. The Morgan fingerprint density at radius 1 is 0.633 bits per heavy atom. The van der Waals surface area contributed by atoms with Gasteiger partial charge in [0.2, 0.25) is 0 Å². The van der Waals surface area contributed by atoms with E-state index in [0.717, 1.165) is 50.7 Å². The van der Waals surface area contributed by atoms with Crippen LogP contribution >= 0.6 is 0 Å². The van der Waals surface area contributed by atoms with Crippen LogP contribution in [0.2, 0.25) is 0 Å². The molecule has 0 radical (unpaired) electrons. The third-order valence-electron chi connectivity index (χ3n) is 9.92. The average Bonchev–Trinajstić information content (AvgIpc) is 3.50. The van der Waals surface area contributed by atoms with E-state index >= 15 is 4.39 Å². The van der Waals surface area contributed by atoms with Crippen molar-refractivity contribution in [3.8, 4) is 16.9 Å². The lowest BCUT2D eigenvalue weighted by molar-refractivity contribution is 0.402. The highest BCUT2D eigenvalue weighted by Gasteiger charge is 2.40. The highest BCUT2D eigenvalue weighted by molar-refractivity contribution is 6.13. The molecule has 9 rings (SSSR count). The molecule has 0 aliphatic carbocycles. The van der Waals surface area contributed by atoms with Gasteiger partial charge < -0.3 is 4.57 Å². The summed E-state index contributed by atoms with van der Waals surface area (Å²) in [5.74, 6) is 0.858. The number of alkyl halides is 1. The molecule has 1 aliphatic heterocycles. The van der Waals surface area contributed by atoms with Gasteiger partial charge in [0, 0.05) is 44.9 Å². The summed E-state index contributed by atoms with van der Waals surface area (Å²) >= 11 is 0. The zero-order chi connectivity index (χ0) is 33.1. The Kier molecular flexibility index (Phi) is 6.70. The minimum Gasteiger partial charge on any atom is -0.308 e. The molecule has 1 aliphatic rings. The van der Waals surface area contributed by atoms with Gasteiger partial charge in [-0.2, -0.15) is 0 Å². The SMILES string of the molecule is CC1(C)c2ccccc2N(c2cccc(C(F)c3cccc(-c4ccccn4)c3)c2)c2ncc3c(c21)c1ccccc1n3-c1ccccc1. The fraction of sp³-hybridized carbons (Fsp3) is 0.0909. The third kappa shape index (κ3) is 4.57. The number of hydrogen-bond donors (Lipinski definition) is 0. The highest BCUT2D eigenvalue weighted by Crippen LogP contribution is 2.54. The van der Waals surface area contributed by atoms with Crippen molar-refractivity contribution in [3.05, 3.63) is 180 Å². The first kappa shape index (κ1) is 29.1. The molecular formula is C44H33FN4. The van der Waals surface area contributed by atoms with Crippen molar-refractivity contribution < 1.29 is 4.39 Å². The van der Waals surface area contributed by atoms with E-state index in [0.29, 0.717) is 11.1 Å². The lowest BCUT2D eigenvalue weighted by Gasteiger charge is -2.41. The molecule has 3 aromatic heterocycles. The molecule has 0 amide bonds. The molecule has 1 unspecified atom stereocenters. The Hall–Kier alpha value is -6.07. The zero-order valence-corrected chi connectivity index (χ0v) is 27.3. The van der Waals surface area contributed by atoms with E-state index in [-0.39, 0.29) is 5.41 Å². The maximum atomic E-state index is 16.5. The normalized spacial score (nSPS) is 14.1. The fourth-order valence-electron chi connectivity index (χ4n) is 7.67. The number of hydrogen-bond acceptors (Lipinski definition) is 3. The van der Waals surface area contributed by atoms with Crippen molar-refractivity contribution in [1.82, 2.24) is 14.5 Å². The van der Waals surface area contributed by atoms with Gasteiger partial charge in [0.25, 0.3) is 0 Å². The second-order valence-electron chi connectivity index (χ2n) is 13.2. The lowest BCUT2D eigenvalue weighted by atomic mass is 9.73. The van der Waals surface area contributed by atoms with Crippen molar-refractivity contribution in [1.29, 1.82) is 0 Å². The van der Waals surface area contributed by atoms with E-state index < -0.39 is 6.17 Å². The van der Waals surface area contributed by atoms with Gasteiger partial charge in [-0.05, 0) is 71.3 Å². The van der Waals surface area contributed by atoms with Crippen LogP contribution in [-0.4, -0.2) is 14.5 Å². The molecule has 0 bridgehead atoms. The summed E-state index contributed by atoms with van der Waals surface area (Å²) in [4.78, 5) is 11.9. The highest BCUT2D eigenvalue weighted by atomic mass is 19.1. The molecule has 5 heteroatoms. The van der Waals surface area contributed by atoms with Crippen LogP contribution in [0.15, 0.2) is 158 Å². The summed E-state index contributed by atoms with van der Waals surface area (Å²) in [5, 5.41) is 2.36. The van der Waals surface area contributed by atoms with Crippen LogP contribution in [0.1, 0.15) is 42.3 Å². The summed E-state index contributed by atoms with van der Waals surface area (Å²) in [6, 6.07) is 48.8. The van der Waals surface area contributed by atoms with Gasteiger partial charge >= 0.3 is 0 Å². The van der Waals surface area contributed by atoms with Gasteiger partial charge in [-0.25, -0.2) is 9.37 Å². The molecule has 1 atom stereocenters. The maximum absolute atomic E-state index is 16.5. The Bertz CT molecular complexity index is 2500. The second kappa shape index (κ2) is 11.3. The van der Waals surface area contributed by atoms with Crippen LogP contribution in [0.3, 0.4) is 0 Å². The first-order chi connectivity index (χ1) is 24.0. The Morgan fingerprint density at radius 3 is 2.18 bits per heavy atom. The molecule has 49 heavy (non-hydrogen) atoms. The largest absolute Gasteiger partial charge is 0.308 e. The molecule has 236 valence electrons. The van der Waals surface area contributed by atoms with Gasteiger partial charge in [-0.1, -0.05) is 105 Å². The number of aromatic nitrogens is 3. The number of rotatable bonds is 5. The topological polar surface area (TPSA) is 34.0 Å². The standard InChI is InChI=1S/C44H33FN4/c1-44(2)35-21-7-9-24-38(35)49(33-19-13-16-31(27-33)42(45)30-15-12-14-29(26-30)36-22-10-11-25-46-36)43-41(44)40-34-20-6-8-23-37(34)48(39(40)28-47-43)32-17-4-3-5-18-32/h3-28,42H,1-2H3. The molecule has 4 nitrogen and oxygen atoms in total. The van der Waals surface area contributed by atoms with Crippen LogP contribution in [0.5, 0.6) is 0 Å². The summed E-state index contributed by atoms with van der Waals surface area (Å²) < 4.78 is 18.8. The Labute approximate surface area is 284 Å². The van der Waals surface area contributed by atoms with E-state index in [1.165, 1.54) is 16.3 Å². The predicted octanol–water partition coefficient (Wildman–Crippen LogP) is 11.4. The van der Waals surface area contributed by atoms with Crippen molar-refractivity contribution in [2.45, 2.75) is 25.4 Å². The van der Waals surface area contributed by atoms with Crippen molar-refractivity contribution in [2.24, 2.45) is 0 Å². The van der Waals surface area contributed by atoms with Gasteiger partial charge in [-0.15, -0.1) is 0 Å². The van der Waals surface area contributed by atoms with Crippen LogP contribution in [0.4, 0.5) is 21.6 Å². The molecule has 0 N–H and O–H groups in total. The predicted molar refractivity (Wildman–Crippen MR) is 198 cm³/mol. The third-order valence-corrected chi connectivity index (χ3v) is 9.92. The van der Waals surface area contributed by atoms with E-state index in [1.807, 2.05) is 72.9 Å². The van der Waals surface area contributed by atoms with Gasteiger partial charge in [-0.3, -0.25) is 9.88 Å². The van der Waals surface area contributed by atoms with E-state index in [2.05, 4.69) is 107 Å². The zero-order valence-electron chi connectivity index (χ0n) is 27.3. The molecule has 0 spiro atoms. The Morgan fingerprint density at radius 2 is 1.35 bits per heavy atom. The van der Waals surface area contributed by atoms with Gasteiger partial charge in [0.05, 0.1) is 28.6 Å². The first-order valence-corrected chi connectivity index (χ1v) is 16.6. The number of anilines is 3. The molecule has 8 aromatic rings. The minimum absolute atomic E-state index is 0.368. The molecule has 4 heterocycles. The monoisotopic (exact) mass is 636 g/mol. The van der Waals surface area contributed by atoms with E-state index in [9.17, 15) is 0 Å². The Balaban J connectivity index is 1.24. The summed E-state index contributed by atoms with van der Waals surface area (Å²) in [6.07, 6.45) is 2.44. The van der Waals surface area contributed by atoms with Crippen LogP contribution in [0, 0.1) is 0 Å². The van der Waals surface area contributed by atoms with E-state index in [1.54, 1.807) is 6.20 Å². The van der Waals surface area contributed by atoms with Gasteiger partial charge in [0.1, 0.15) is 5.82 Å². The number of nitrogens with zero attached hydrogens (tertiary/aromatic N) is 4. The van der Waals surface area contributed by atoms with E-state index in [4.69, 9.17) is 4.98 Å². The van der Waals surface area contributed by atoms with Crippen molar-refractivity contribution in [3.63, 3.8) is 0 Å². The van der Waals surface area contributed by atoms with Crippen LogP contribution < -0.4 is 4.90 Å². The summed E-state index contributed by atoms with van der Waals surface area (Å²) in [6.45, 7) is 4.58. The van der Waals surface area contributed by atoms with Crippen molar-refractivity contribution >= 4 is 39.0 Å². The molecule has 0 saturated carbocycles. The minimum atomic E-state index is -1.32. The smallest absolute Gasteiger partial charge is 0.150 e. The van der Waals surface area contributed by atoms with Crippen LogP contribution in [0.25, 0.3) is 38.8 Å². The number of pyridine rings is 2. The number of benzene rings is 5. The maximum Gasteiger partial charge on any atom is 0.150 e. The van der Waals surface area contributed by atoms with Crippen molar-refractivity contribution in [2.75, 3.05) is 4.90 Å². The number of fused-ring (bicyclic) bond motifs is 6. The summed E-state index contributed by atoms with van der Waals surface area (Å²) in [5.41, 5.74) is 10.1. The molecular weight excluding hydrogens is 604 g/mol. The number of para-hydroxylation sites is 3. The molecule has 5 aromatic carbocycles. The lowest BCUT2D eigenvalue weighted by Crippen LogP contribution is -2.31. The second-order valence-corrected chi connectivity index (χ2v) is 13.2. The number of halogens is 1. The quantitative estimate of drug-likeness (QED) is 0.188. The average molecular weight is 637 g/mol. The summed E-state index contributed by atoms with van der Waals surface area (Å²) in [7, 11) is 0. The molecule has 0 fully saturated rings.